The third-order valence-corrected chi connectivity index (χ3v) is 6.85. The van der Waals surface area contributed by atoms with Crippen LogP contribution in [0.2, 0.25) is 0 Å². The van der Waals surface area contributed by atoms with Gasteiger partial charge in [0.2, 0.25) is 9.84 Å². The Morgan fingerprint density at radius 3 is 2.43 bits per heavy atom. The molecule has 0 saturated carbocycles. The largest absolute Gasteiger partial charge is 0.365 e. The van der Waals surface area contributed by atoms with Crippen LogP contribution in [0.3, 0.4) is 0 Å². The zero-order valence-corrected chi connectivity index (χ0v) is 15.4. The molecule has 0 aromatic heterocycles. The lowest BCUT2D eigenvalue weighted by Gasteiger charge is -2.30. The highest BCUT2D eigenvalue weighted by molar-refractivity contribution is 8.04. The summed E-state index contributed by atoms with van der Waals surface area (Å²) in [5.74, 6) is 0. The van der Waals surface area contributed by atoms with Crippen LogP contribution in [0.5, 0.6) is 0 Å². The van der Waals surface area contributed by atoms with Gasteiger partial charge in [0.15, 0.2) is 4.91 Å². The van der Waals surface area contributed by atoms with Crippen molar-refractivity contribution in [2.75, 3.05) is 19.3 Å². The Labute approximate surface area is 143 Å². The van der Waals surface area contributed by atoms with E-state index in [9.17, 15) is 13.7 Å². The van der Waals surface area contributed by atoms with Crippen molar-refractivity contribution in [2.45, 2.75) is 38.0 Å². The third kappa shape index (κ3) is 3.73. The minimum atomic E-state index is -3.81. The maximum absolute atomic E-state index is 13.1. The van der Waals surface area contributed by atoms with Gasteiger partial charge >= 0.3 is 0 Å². The van der Waals surface area contributed by atoms with Gasteiger partial charge in [-0.25, -0.2) is 8.42 Å². The number of allylic oxidation sites excluding steroid dienone is 1. The van der Waals surface area contributed by atoms with Crippen LogP contribution in [0.4, 0.5) is 0 Å². The van der Waals surface area contributed by atoms with Gasteiger partial charge in [0.1, 0.15) is 11.1 Å². The second-order valence-corrected chi connectivity index (χ2v) is 8.42. The maximum Gasteiger partial charge on any atom is 0.219 e. The third-order valence-electron chi connectivity index (χ3n) is 4.03. The van der Waals surface area contributed by atoms with E-state index in [1.165, 1.54) is 11.8 Å². The van der Waals surface area contributed by atoms with E-state index in [-0.39, 0.29) is 9.80 Å². The van der Waals surface area contributed by atoms with Gasteiger partial charge in [0.25, 0.3) is 0 Å². The molecule has 0 unspecified atom stereocenters. The van der Waals surface area contributed by atoms with E-state index in [0.29, 0.717) is 10.6 Å². The molecule has 1 aliphatic heterocycles. The Morgan fingerprint density at radius 2 is 1.87 bits per heavy atom. The molecule has 1 aliphatic rings. The lowest BCUT2D eigenvalue weighted by molar-refractivity contribution is 0.302. The Hall–Kier alpha value is -1.45. The summed E-state index contributed by atoms with van der Waals surface area (Å²) in [7, 11) is -3.81. The van der Waals surface area contributed by atoms with Crippen LogP contribution < -0.4 is 0 Å². The predicted molar refractivity (Wildman–Crippen MR) is 94.7 cm³/mol. The van der Waals surface area contributed by atoms with Crippen LogP contribution in [-0.4, -0.2) is 32.7 Å². The van der Waals surface area contributed by atoms with Crippen molar-refractivity contribution >= 4 is 21.6 Å². The minimum Gasteiger partial charge on any atom is -0.365 e. The van der Waals surface area contributed by atoms with Crippen LogP contribution in [0.25, 0.3) is 0 Å². The molecule has 6 heteroatoms. The lowest BCUT2D eigenvalue weighted by Crippen LogP contribution is -2.29. The number of nitrogens with zero attached hydrogens (tertiary/aromatic N) is 2. The fourth-order valence-electron chi connectivity index (χ4n) is 2.79. The van der Waals surface area contributed by atoms with Crippen LogP contribution in [-0.2, 0) is 9.84 Å². The van der Waals surface area contributed by atoms with Crippen molar-refractivity contribution in [3.05, 3.63) is 39.3 Å². The number of hydrogen-bond acceptors (Lipinski definition) is 5. The predicted octanol–water partition coefficient (Wildman–Crippen LogP) is 3.62. The number of thioether (sulfide) groups is 1. The summed E-state index contributed by atoms with van der Waals surface area (Å²) in [6.07, 6.45) is 5.06. The average molecular weight is 351 g/mol. The fourth-order valence-corrected chi connectivity index (χ4v) is 5.58. The maximum atomic E-state index is 13.1. The molecule has 0 atom stereocenters. The molecular weight excluding hydrogens is 328 g/mol. The zero-order valence-electron chi connectivity index (χ0n) is 13.8. The van der Waals surface area contributed by atoms with Crippen molar-refractivity contribution in [1.82, 2.24) is 4.90 Å². The second-order valence-electron chi connectivity index (χ2n) is 5.77. The van der Waals surface area contributed by atoms with E-state index in [1.807, 2.05) is 30.2 Å². The van der Waals surface area contributed by atoms with Gasteiger partial charge in [-0.3, -0.25) is 0 Å². The molecule has 23 heavy (non-hydrogen) atoms. The van der Waals surface area contributed by atoms with Gasteiger partial charge in [-0.15, -0.1) is 11.8 Å². The second kappa shape index (κ2) is 7.41. The zero-order chi connectivity index (χ0) is 17.0. The molecule has 1 heterocycles. The van der Waals surface area contributed by atoms with E-state index >= 15 is 0 Å². The molecule has 0 aliphatic carbocycles. The molecule has 0 N–H and O–H groups in total. The lowest BCUT2D eigenvalue weighted by atomic mass is 10.1. The van der Waals surface area contributed by atoms with Crippen LogP contribution >= 0.6 is 11.8 Å². The first-order valence-electron chi connectivity index (χ1n) is 7.67. The number of aryl methyl sites for hydroxylation is 2. The first-order chi connectivity index (χ1) is 10.9. The summed E-state index contributed by atoms with van der Waals surface area (Å²) < 4.78 is 26.1. The van der Waals surface area contributed by atoms with Crippen molar-refractivity contribution in [1.29, 1.82) is 5.26 Å². The SMILES string of the molecule is CS/C(=C(/C#N)S(=O)(=O)c1cc(C)ccc1C)N1CCCCC1. The molecule has 1 aromatic rings. The summed E-state index contributed by atoms with van der Waals surface area (Å²) in [6, 6.07) is 7.28. The molecule has 0 spiro atoms. The van der Waals surface area contributed by atoms with Crippen molar-refractivity contribution in [2.24, 2.45) is 0 Å². The molecule has 0 bridgehead atoms. The molecule has 1 aromatic carbocycles. The molecule has 4 nitrogen and oxygen atoms in total. The standard InChI is InChI=1S/C17H22N2O2S2/c1-13-7-8-14(2)15(11-13)23(20,21)16(12-18)17(22-3)19-9-5-4-6-10-19/h7-8,11H,4-6,9-10H2,1-3H3/b17-16-. The molecule has 124 valence electrons. The number of hydrogen-bond donors (Lipinski definition) is 0. The molecule has 1 fully saturated rings. The monoisotopic (exact) mass is 350 g/mol. The summed E-state index contributed by atoms with van der Waals surface area (Å²) in [6.45, 7) is 5.24. The van der Waals surface area contributed by atoms with Gasteiger partial charge in [-0.1, -0.05) is 12.1 Å². The summed E-state index contributed by atoms with van der Waals surface area (Å²) in [4.78, 5) is 2.15. The number of benzene rings is 1. The van der Waals surface area contributed by atoms with Crippen molar-refractivity contribution < 1.29 is 8.42 Å². The highest BCUT2D eigenvalue weighted by Gasteiger charge is 2.29. The molecule has 2 rings (SSSR count). The number of nitriles is 1. The molecule has 0 amide bonds. The first-order valence-corrected chi connectivity index (χ1v) is 10.4. The summed E-state index contributed by atoms with van der Waals surface area (Å²) >= 11 is 1.34. The number of piperidine rings is 1. The Balaban J connectivity index is 2.59. The van der Waals surface area contributed by atoms with Gasteiger partial charge in [-0.05, 0) is 56.6 Å². The van der Waals surface area contributed by atoms with Gasteiger partial charge in [0.05, 0.1) is 4.90 Å². The molecule has 1 saturated heterocycles. The van der Waals surface area contributed by atoms with E-state index in [2.05, 4.69) is 0 Å². The van der Waals surface area contributed by atoms with Crippen molar-refractivity contribution in [3.63, 3.8) is 0 Å². The van der Waals surface area contributed by atoms with Gasteiger partial charge < -0.3 is 4.90 Å². The Kier molecular flexibility index (Phi) is 5.77. The van der Waals surface area contributed by atoms with E-state index in [0.717, 1.165) is 37.9 Å². The van der Waals surface area contributed by atoms with E-state index in [4.69, 9.17) is 0 Å². The topological polar surface area (TPSA) is 61.2 Å². The Morgan fingerprint density at radius 1 is 1.22 bits per heavy atom. The molecular formula is C17H22N2O2S2. The van der Waals surface area contributed by atoms with Gasteiger partial charge in [-0.2, -0.15) is 5.26 Å². The number of sulfone groups is 1. The fraction of sp³-hybridized carbons (Fsp3) is 0.471. The smallest absolute Gasteiger partial charge is 0.219 e. The number of likely N-dealkylation sites (tertiary alicyclic amines) is 1. The normalized spacial score (nSPS) is 16.7. The minimum absolute atomic E-state index is 0.124. The highest BCUT2D eigenvalue weighted by atomic mass is 32.2. The van der Waals surface area contributed by atoms with Crippen LogP contribution in [0, 0.1) is 25.2 Å². The summed E-state index contributed by atoms with van der Waals surface area (Å²) in [5.41, 5.74) is 1.54. The molecule has 0 radical (unpaired) electrons. The van der Waals surface area contributed by atoms with E-state index < -0.39 is 9.84 Å². The highest BCUT2D eigenvalue weighted by Crippen LogP contribution is 2.32. The van der Waals surface area contributed by atoms with Crippen LogP contribution in [0.1, 0.15) is 30.4 Å². The van der Waals surface area contributed by atoms with Crippen LogP contribution in [0.15, 0.2) is 33.0 Å². The number of rotatable bonds is 4. The van der Waals surface area contributed by atoms with Crippen molar-refractivity contribution in [3.8, 4) is 6.07 Å². The average Bonchev–Trinajstić information content (AvgIpc) is 2.55. The first kappa shape index (κ1) is 17.9. The van der Waals surface area contributed by atoms with Gasteiger partial charge in [0, 0.05) is 13.1 Å². The quantitative estimate of drug-likeness (QED) is 0.776. The summed E-state index contributed by atoms with van der Waals surface area (Å²) in [5, 5.41) is 10.2. The Bertz CT molecular complexity index is 755. The van der Waals surface area contributed by atoms with E-state index in [1.54, 1.807) is 19.1 Å².